The molecule has 0 aliphatic carbocycles. The molecule has 0 saturated heterocycles. The van der Waals surface area contributed by atoms with Crippen molar-refractivity contribution in [2.45, 2.75) is 6.92 Å². The minimum Gasteiger partial charge on any atom is -0.318 e. The molecule has 3 rings (SSSR count). The van der Waals surface area contributed by atoms with Crippen molar-refractivity contribution in [2.24, 2.45) is 14.1 Å². The maximum atomic E-state index is 12.0. The van der Waals surface area contributed by atoms with E-state index in [1.54, 1.807) is 17.7 Å². The Kier molecular flexibility index (Phi) is 3.22. The normalized spacial score (nSPS) is 10.8. The van der Waals surface area contributed by atoms with Crippen LogP contribution in [0.3, 0.4) is 0 Å². The van der Waals surface area contributed by atoms with Crippen molar-refractivity contribution in [2.75, 3.05) is 0 Å². The first-order valence-corrected chi connectivity index (χ1v) is 6.83. The summed E-state index contributed by atoms with van der Waals surface area (Å²) in [5, 5.41) is 4.31. The maximum Gasteiger partial charge on any atom is 0.250 e. The van der Waals surface area contributed by atoms with Crippen LogP contribution in [0, 0.1) is 6.92 Å². The lowest BCUT2D eigenvalue weighted by Crippen LogP contribution is -2.15. The van der Waals surface area contributed by atoms with Gasteiger partial charge in [0.05, 0.1) is 6.20 Å². The summed E-state index contributed by atoms with van der Waals surface area (Å²) < 4.78 is 3.45. The second-order valence-electron chi connectivity index (χ2n) is 5.18. The van der Waals surface area contributed by atoms with Crippen LogP contribution in [0.5, 0.6) is 0 Å². The molecule has 0 saturated carbocycles. The van der Waals surface area contributed by atoms with E-state index in [0.29, 0.717) is 0 Å². The largest absolute Gasteiger partial charge is 0.318 e. The Morgan fingerprint density at radius 1 is 1.00 bits per heavy atom. The molecular formula is C17H17N3O. The average molecular weight is 279 g/mol. The highest BCUT2D eigenvalue weighted by Gasteiger charge is 2.14. The van der Waals surface area contributed by atoms with Crippen molar-refractivity contribution in [3.63, 3.8) is 0 Å². The van der Waals surface area contributed by atoms with Gasteiger partial charge >= 0.3 is 0 Å². The number of rotatable bonds is 2. The predicted molar refractivity (Wildman–Crippen MR) is 84.1 cm³/mol. The minimum atomic E-state index is -0.0147. The fourth-order valence-corrected chi connectivity index (χ4v) is 2.46. The van der Waals surface area contributed by atoms with Gasteiger partial charge in [-0.1, -0.05) is 30.3 Å². The van der Waals surface area contributed by atoms with Crippen LogP contribution >= 0.6 is 0 Å². The standard InChI is InChI=1S/C17H17N3O/c1-12-15(10-18-20(12)3)16-11-19(2)17(21)9-14(16)13-7-5-4-6-8-13/h4-11H,1-3H3. The van der Waals surface area contributed by atoms with Gasteiger partial charge in [0.2, 0.25) is 0 Å². The van der Waals surface area contributed by atoms with Crippen molar-refractivity contribution < 1.29 is 0 Å². The fraction of sp³-hybridized carbons (Fsp3) is 0.176. The molecule has 0 amide bonds. The van der Waals surface area contributed by atoms with Gasteiger partial charge in [0.25, 0.3) is 5.56 Å². The van der Waals surface area contributed by atoms with E-state index in [1.807, 2.05) is 61.4 Å². The number of benzene rings is 1. The van der Waals surface area contributed by atoms with Crippen LogP contribution in [0.2, 0.25) is 0 Å². The molecule has 4 nitrogen and oxygen atoms in total. The van der Waals surface area contributed by atoms with Crippen LogP contribution < -0.4 is 5.56 Å². The molecule has 21 heavy (non-hydrogen) atoms. The lowest BCUT2D eigenvalue weighted by Gasteiger charge is -2.11. The van der Waals surface area contributed by atoms with Crippen molar-refractivity contribution in [1.82, 2.24) is 14.3 Å². The van der Waals surface area contributed by atoms with Crippen LogP contribution in [-0.2, 0) is 14.1 Å². The monoisotopic (exact) mass is 279 g/mol. The number of hydrogen-bond donors (Lipinski definition) is 0. The van der Waals surface area contributed by atoms with Crippen molar-refractivity contribution in [3.05, 3.63) is 64.8 Å². The molecule has 0 spiro atoms. The molecule has 0 bridgehead atoms. The summed E-state index contributed by atoms with van der Waals surface area (Å²) in [5.74, 6) is 0. The summed E-state index contributed by atoms with van der Waals surface area (Å²) in [5.41, 5.74) is 5.11. The molecule has 0 fully saturated rings. The molecular weight excluding hydrogens is 262 g/mol. The third-order valence-electron chi connectivity index (χ3n) is 3.84. The molecule has 1 aromatic carbocycles. The average Bonchev–Trinajstić information content (AvgIpc) is 2.82. The Morgan fingerprint density at radius 2 is 1.71 bits per heavy atom. The van der Waals surface area contributed by atoms with Crippen LogP contribution in [0.1, 0.15) is 5.69 Å². The zero-order chi connectivity index (χ0) is 15.0. The number of pyridine rings is 1. The Morgan fingerprint density at radius 3 is 2.33 bits per heavy atom. The van der Waals surface area contributed by atoms with Gasteiger partial charge in [0, 0.05) is 43.2 Å². The van der Waals surface area contributed by atoms with Gasteiger partial charge in [-0.2, -0.15) is 5.10 Å². The van der Waals surface area contributed by atoms with Gasteiger partial charge in [-0.15, -0.1) is 0 Å². The third kappa shape index (κ3) is 2.29. The Bertz CT molecular complexity index is 844. The van der Waals surface area contributed by atoms with Gasteiger partial charge in [0.15, 0.2) is 0 Å². The molecule has 4 heteroatoms. The maximum absolute atomic E-state index is 12.0. The highest BCUT2D eigenvalue weighted by Crippen LogP contribution is 2.32. The third-order valence-corrected chi connectivity index (χ3v) is 3.84. The fourth-order valence-electron chi connectivity index (χ4n) is 2.46. The summed E-state index contributed by atoms with van der Waals surface area (Å²) in [4.78, 5) is 12.0. The van der Waals surface area contributed by atoms with Crippen LogP contribution in [0.25, 0.3) is 22.3 Å². The first-order valence-electron chi connectivity index (χ1n) is 6.83. The van der Waals surface area contributed by atoms with Crippen molar-refractivity contribution >= 4 is 0 Å². The minimum absolute atomic E-state index is 0.0147. The van der Waals surface area contributed by atoms with E-state index in [1.165, 1.54) is 0 Å². The number of nitrogens with zero attached hydrogens (tertiary/aromatic N) is 3. The Labute approximate surface area is 123 Å². The summed E-state index contributed by atoms with van der Waals surface area (Å²) in [6.07, 6.45) is 3.73. The summed E-state index contributed by atoms with van der Waals surface area (Å²) >= 11 is 0. The molecule has 2 heterocycles. The first-order chi connectivity index (χ1) is 10.1. The summed E-state index contributed by atoms with van der Waals surface area (Å²) in [6.45, 7) is 2.03. The van der Waals surface area contributed by atoms with Gasteiger partial charge in [0.1, 0.15) is 0 Å². The van der Waals surface area contributed by atoms with E-state index in [-0.39, 0.29) is 5.56 Å². The number of aromatic nitrogens is 3. The van der Waals surface area contributed by atoms with Crippen molar-refractivity contribution in [1.29, 1.82) is 0 Å². The van der Waals surface area contributed by atoms with Crippen LogP contribution in [0.15, 0.2) is 53.6 Å². The topological polar surface area (TPSA) is 39.8 Å². The number of aryl methyl sites for hydroxylation is 2. The van der Waals surface area contributed by atoms with Gasteiger partial charge < -0.3 is 4.57 Å². The lowest BCUT2D eigenvalue weighted by atomic mass is 9.97. The quantitative estimate of drug-likeness (QED) is 0.723. The van der Waals surface area contributed by atoms with E-state index < -0.39 is 0 Å². The van der Waals surface area contributed by atoms with E-state index in [4.69, 9.17) is 0 Å². The Balaban J connectivity index is 2.32. The van der Waals surface area contributed by atoms with Gasteiger partial charge in [-0.25, -0.2) is 0 Å². The van der Waals surface area contributed by atoms with Gasteiger partial charge in [-0.3, -0.25) is 9.48 Å². The van der Waals surface area contributed by atoms with E-state index in [0.717, 1.165) is 27.9 Å². The van der Waals surface area contributed by atoms with Crippen LogP contribution in [0.4, 0.5) is 0 Å². The SMILES string of the molecule is Cc1c(-c2cn(C)c(=O)cc2-c2ccccc2)cnn1C. The molecule has 0 radical (unpaired) electrons. The highest BCUT2D eigenvalue weighted by molar-refractivity contribution is 5.83. The molecule has 3 aromatic rings. The van der Waals surface area contributed by atoms with Gasteiger partial charge in [-0.05, 0) is 18.1 Å². The first kappa shape index (κ1) is 13.4. The second-order valence-corrected chi connectivity index (χ2v) is 5.18. The lowest BCUT2D eigenvalue weighted by molar-refractivity contribution is 0.740. The van der Waals surface area contributed by atoms with E-state index in [2.05, 4.69) is 5.10 Å². The van der Waals surface area contributed by atoms with Crippen molar-refractivity contribution in [3.8, 4) is 22.3 Å². The summed E-state index contributed by atoms with van der Waals surface area (Å²) in [7, 11) is 3.69. The molecule has 0 atom stereocenters. The van der Waals surface area contributed by atoms with Crippen LogP contribution in [-0.4, -0.2) is 14.3 Å². The molecule has 106 valence electrons. The Hall–Kier alpha value is -2.62. The highest BCUT2D eigenvalue weighted by atomic mass is 16.1. The molecule has 0 N–H and O–H groups in total. The zero-order valence-corrected chi connectivity index (χ0v) is 12.4. The summed E-state index contributed by atoms with van der Waals surface area (Å²) in [6, 6.07) is 11.7. The smallest absolute Gasteiger partial charge is 0.250 e. The second kappa shape index (κ2) is 5.05. The zero-order valence-electron chi connectivity index (χ0n) is 12.4. The molecule has 0 aliphatic heterocycles. The molecule has 0 aliphatic rings. The molecule has 2 aromatic heterocycles. The van der Waals surface area contributed by atoms with E-state index in [9.17, 15) is 4.79 Å². The molecule has 0 unspecified atom stereocenters. The van der Waals surface area contributed by atoms with E-state index >= 15 is 0 Å². The number of hydrogen-bond acceptors (Lipinski definition) is 2. The predicted octanol–water partition coefficient (Wildman–Crippen LogP) is 2.76.